The van der Waals surface area contributed by atoms with Gasteiger partial charge in [0.2, 0.25) is 0 Å². The third-order valence-corrected chi connectivity index (χ3v) is 26.4. The average Bonchev–Trinajstić information content (AvgIpc) is 0.699. The molecule has 0 radical (unpaired) electrons. The summed E-state index contributed by atoms with van der Waals surface area (Å²) >= 11 is 0. The molecule has 1 aliphatic rings. The SMILES string of the molecule is C1=c2c(-c3ccc4ccccc4c3)c3c(-c4ccc(-c5ccccc5)cc4)c4ccccc4c(-c4ccc(-c5ccccc5)cc4)c3c(-c3ccc4ccccc4c3)c2=CCC1.c1ccc(-c2ccc(-c3c4ccccc4c(-c4ccc(-c5ccccc5)cc4)c4c(-c5ccc(-c6ccccc6)cc5)c5ccccc5c(-c5ccc(-c6ccccc6)cc5)c34)cc2)cc1. The maximum Gasteiger partial charge on any atom is -0.000139 e. The Kier molecular flexibility index (Phi) is 19.9. The zero-order valence-corrected chi connectivity index (χ0v) is 70.8. The Morgan fingerprint density at radius 1 is 0.109 bits per heavy atom. The Morgan fingerprint density at radius 2 is 0.266 bits per heavy atom. The topological polar surface area (TPSA) is 0 Å². The summed E-state index contributed by atoms with van der Waals surface area (Å²) in [4.78, 5) is 0. The van der Waals surface area contributed by atoms with Crippen LogP contribution in [-0.2, 0) is 0 Å². The van der Waals surface area contributed by atoms with Crippen LogP contribution in [0, 0.1) is 0 Å². The predicted molar refractivity (Wildman–Crippen MR) is 549 cm³/mol. The van der Waals surface area contributed by atoms with E-state index in [9.17, 15) is 0 Å². The molecular formula is C128H86. The van der Waals surface area contributed by atoms with E-state index in [1.54, 1.807) is 0 Å². The molecule has 598 valence electrons. The van der Waals surface area contributed by atoms with Crippen LogP contribution in [0.2, 0.25) is 0 Å². The summed E-state index contributed by atoms with van der Waals surface area (Å²) in [7, 11) is 0. The van der Waals surface area contributed by atoms with E-state index in [4.69, 9.17) is 0 Å². The van der Waals surface area contributed by atoms with Crippen molar-refractivity contribution in [3.63, 3.8) is 0 Å². The molecule has 24 rings (SSSR count). The van der Waals surface area contributed by atoms with Crippen LogP contribution in [-0.4, -0.2) is 0 Å². The minimum atomic E-state index is 0.999. The molecule has 0 spiro atoms. The lowest BCUT2D eigenvalue weighted by Crippen LogP contribution is -2.32. The maximum absolute atomic E-state index is 2.52. The van der Waals surface area contributed by atoms with Crippen molar-refractivity contribution in [1.82, 2.24) is 0 Å². The second kappa shape index (κ2) is 33.4. The first-order valence-electron chi connectivity index (χ1n) is 44.6. The third kappa shape index (κ3) is 14.0. The molecule has 1 aliphatic carbocycles. The highest BCUT2D eigenvalue weighted by Crippen LogP contribution is 2.56. The highest BCUT2D eigenvalue weighted by atomic mass is 14.3. The van der Waals surface area contributed by atoms with Gasteiger partial charge in [0.25, 0.3) is 0 Å². The molecule has 0 aromatic heterocycles. The van der Waals surface area contributed by atoms with Crippen LogP contribution in [0.15, 0.2) is 485 Å². The number of fused-ring (bicyclic) bond motifs is 8. The van der Waals surface area contributed by atoms with E-state index in [1.165, 1.54) is 242 Å². The van der Waals surface area contributed by atoms with E-state index in [0.29, 0.717) is 0 Å². The van der Waals surface area contributed by atoms with Gasteiger partial charge in [-0.25, -0.2) is 0 Å². The zero-order chi connectivity index (χ0) is 84.8. The molecule has 23 aromatic carbocycles. The fourth-order valence-electron chi connectivity index (χ4n) is 20.3. The first-order valence-corrected chi connectivity index (χ1v) is 44.6. The van der Waals surface area contributed by atoms with Gasteiger partial charge in [0.05, 0.1) is 0 Å². The van der Waals surface area contributed by atoms with Gasteiger partial charge in [-0.2, -0.15) is 0 Å². The van der Waals surface area contributed by atoms with E-state index >= 15 is 0 Å². The molecule has 0 heterocycles. The van der Waals surface area contributed by atoms with E-state index < -0.39 is 0 Å². The monoisotopic (exact) mass is 1620 g/mol. The van der Waals surface area contributed by atoms with Crippen LogP contribution >= 0.6 is 0 Å². The molecule has 0 saturated carbocycles. The molecule has 0 unspecified atom stereocenters. The lowest BCUT2D eigenvalue weighted by molar-refractivity contribution is 1.12. The van der Waals surface area contributed by atoms with Crippen molar-refractivity contribution >= 4 is 87.6 Å². The number of benzene rings is 23. The van der Waals surface area contributed by atoms with Crippen molar-refractivity contribution in [2.45, 2.75) is 12.8 Å². The lowest BCUT2D eigenvalue weighted by atomic mass is 9.77. The van der Waals surface area contributed by atoms with Gasteiger partial charge in [0.15, 0.2) is 0 Å². The van der Waals surface area contributed by atoms with Crippen LogP contribution in [0.1, 0.15) is 12.8 Å². The van der Waals surface area contributed by atoms with Gasteiger partial charge in [-0.3, -0.25) is 0 Å². The van der Waals surface area contributed by atoms with Crippen molar-refractivity contribution in [3.05, 3.63) is 496 Å². The molecule has 0 fully saturated rings. The van der Waals surface area contributed by atoms with Crippen LogP contribution < -0.4 is 10.4 Å². The molecule has 0 aliphatic heterocycles. The van der Waals surface area contributed by atoms with Crippen LogP contribution in [0.3, 0.4) is 0 Å². The van der Waals surface area contributed by atoms with Gasteiger partial charge < -0.3 is 0 Å². The van der Waals surface area contributed by atoms with Crippen LogP contribution in [0.4, 0.5) is 0 Å². The molecule has 0 heteroatoms. The Balaban J connectivity index is 0.000000147. The normalized spacial score (nSPS) is 11.8. The van der Waals surface area contributed by atoms with E-state index in [-0.39, 0.29) is 0 Å². The standard InChI is InChI=1S/C66H44.C62H42/c1-5-17-45(18-6-1)49-29-37-53(38-30-49)61-57-25-13-14-26-58(57)63(55-41-33-51(34-42-55)47-21-9-3-10-22-47)66-64(56-43-35-52(36-44-56)48-23-11-4-12-24-48)60-28-16-15-27-59(60)62(65(61)66)54-39-31-50(32-40-54)46-19-7-2-8-20-46;1-3-15-41(16-4-1)45-27-33-47(34-28-45)57-53-23-11-12-24-54(53)58(48-35-29-46(30-36-48)42-17-5-2-6-18-42)62-60(52-38-32-44-20-8-10-22-50(44)40-52)56-26-14-13-25-55(56)59(61(57)62)51-37-31-43-19-7-9-21-49(43)39-51/h1-44H;1-12,15-40H,13-14H2. The number of rotatable bonds is 14. The van der Waals surface area contributed by atoms with Crippen molar-refractivity contribution in [1.29, 1.82) is 0 Å². The van der Waals surface area contributed by atoms with Gasteiger partial charge in [-0.05, 0) is 267 Å². The summed E-state index contributed by atoms with van der Waals surface area (Å²) in [6.45, 7) is 0. The largest absolute Gasteiger partial charge is 0.0757 e. The summed E-state index contributed by atoms with van der Waals surface area (Å²) in [6.07, 6.45) is 7.04. The highest BCUT2D eigenvalue weighted by molar-refractivity contribution is 6.34. The second-order valence-electron chi connectivity index (χ2n) is 33.7. The first kappa shape index (κ1) is 76.5. The Labute approximate surface area is 746 Å². The molecule has 0 saturated heterocycles. The van der Waals surface area contributed by atoms with Crippen LogP contribution in [0.25, 0.3) is 243 Å². The highest BCUT2D eigenvalue weighted by Gasteiger charge is 2.30. The Morgan fingerprint density at radius 3 is 0.477 bits per heavy atom. The molecular weight excluding hydrogens is 1540 g/mol. The minimum Gasteiger partial charge on any atom is -0.0757 e. The molecule has 0 nitrogen and oxygen atoms in total. The van der Waals surface area contributed by atoms with Gasteiger partial charge in [-0.1, -0.05) is 485 Å². The first-order chi connectivity index (χ1) is 63.5. The summed E-state index contributed by atoms with van der Waals surface area (Å²) in [5, 5.41) is 20.1. The zero-order valence-electron chi connectivity index (χ0n) is 70.8. The van der Waals surface area contributed by atoms with E-state index in [0.717, 1.165) is 12.8 Å². The molecule has 0 N–H and O–H groups in total. The summed E-state index contributed by atoms with van der Waals surface area (Å²) in [6, 6.07) is 179. The predicted octanol–water partition coefficient (Wildman–Crippen LogP) is 34.1. The fraction of sp³-hybridized carbons (Fsp3) is 0.0156. The van der Waals surface area contributed by atoms with Crippen molar-refractivity contribution in [3.8, 4) is 156 Å². The number of hydrogen-bond donors (Lipinski definition) is 0. The van der Waals surface area contributed by atoms with Crippen molar-refractivity contribution < 1.29 is 0 Å². The molecule has 23 aromatic rings. The Hall–Kier alpha value is -16.4. The molecule has 0 amide bonds. The van der Waals surface area contributed by atoms with E-state index in [1.807, 2.05) is 0 Å². The molecule has 0 bridgehead atoms. The maximum atomic E-state index is 2.52. The summed E-state index contributed by atoms with van der Waals surface area (Å²) in [5.74, 6) is 0. The summed E-state index contributed by atoms with van der Waals surface area (Å²) < 4.78 is 0. The quantitative estimate of drug-likeness (QED) is 0.0952. The fourth-order valence-corrected chi connectivity index (χ4v) is 20.3. The Bertz CT molecular complexity index is 7540. The third-order valence-electron chi connectivity index (χ3n) is 26.4. The lowest BCUT2D eigenvalue weighted by Gasteiger charge is -2.25. The van der Waals surface area contributed by atoms with Crippen molar-refractivity contribution in [2.75, 3.05) is 0 Å². The van der Waals surface area contributed by atoms with E-state index in [2.05, 4.69) is 497 Å². The van der Waals surface area contributed by atoms with Crippen molar-refractivity contribution in [2.24, 2.45) is 0 Å². The minimum absolute atomic E-state index is 0.999. The second-order valence-corrected chi connectivity index (χ2v) is 33.7. The average molecular weight is 1620 g/mol. The smallest absolute Gasteiger partial charge is 0.000139 e. The van der Waals surface area contributed by atoms with Gasteiger partial charge in [0, 0.05) is 0 Å². The number of hydrogen-bond acceptors (Lipinski definition) is 0. The molecule has 0 atom stereocenters. The molecule has 128 heavy (non-hydrogen) atoms. The summed E-state index contributed by atoms with van der Waals surface area (Å²) in [5.41, 5.74) is 34.2. The van der Waals surface area contributed by atoms with Gasteiger partial charge >= 0.3 is 0 Å². The van der Waals surface area contributed by atoms with Crippen LogP contribution in [0.5, 0.6) is 0 Å². The van der Waals surface area contributed by atoms with Gasteiger partial charge in [0.1, 0.15) is 0 Å². The van der Waals surface area contributed by atoms with Gasteiger partial charge in [-0.15, -0.1) is 0 Å².